The quantitative estimate of drug-likeness (QED) is 0.636. The number of nitrogens with two attached hydrogens (primary N) is 1. The third kappa shape index (κ3) is 5.63. The lowest BCUT2D eigenvalue weighted by Gasteiger charge is -2.18. The molecule has 0 fully saturated rings. The number of rotatable bonds is 9. The number of ether oxygens (including phenoxy) is 2. The largest absolute Gasteiger partial charge is 0.476 e. The number of nitrogens with zero attached hydrogens (tertiary/aromatic N) is 1. The molecule has 6 nitrogen and oxygen atoms in total. The topological polar surface area (TPSA) is 89.6 Å². The van der Waals surface area contributed by atoms with E-state index in [0.717, 1.165) is 0 Å². The maximum absolute atomic E-state index is 9.02. The summed E-state index contributed by atoms with van der Waals surface area (Å²) in [6.45, 7) is 5.28. The number of aromatic nitrogens is 1. The number of hydrogen-bond donors (Lipinski definition) is 3. The van der Waals surface area contributed by atoms with E-state index in [0.29, 0.717) is 42.9 Å². The minimum absolute atomic E-state index is 0.000858. The highest BCUT2D eigenvalue weighted by Gasteiger charge is 2.11. The van der Waals surface area contributed by atoms with Crippen LogP contribution >= 0.6 is 0 Å². The van der Waals surface area contributed by atoms with Crippen LogP contribution in [0.15, 0.2) is 12.1 Å². The highest BCUT2D eigenvalue weighted by atomic mass is 16.5. The maximum atomic E-state index is 9.02. The Morgan fingerprint density at radius 1 is 1.35 bits per heavy atom. The summed E-state index contributed by atoms with van der Waals surface area (Å²) in [5, 5.41) is 12.2. The van der Waals surface area contributed by atoms with Crippen molar-refractivity contribution < 1.29 is 14.6 Å². The second kappa shape index (κ2) is 8.60. The van der Waals surface area contributed by atoms with Crippen LogP contribution < -0.4 is 15.8 Å². The zero-order chi connectivity index (χ0) is 15.0. The zero-order valence-electron chi connectivity index (χ0n) is 12.4. The summed E-state index contributed by atoms with van der Waals surface area (Å²) in [5.41, 5.74) is 6.36. The van der Waals surface area contributed by atoms with Crippen LogP contribution in [0.5, 0.6) is 5.88 Å². The molecule has 1 aromatic rings. The standard InChI is InChI=1S/C14H25N3O3/c1-10(2)8-20-14-12(15)4-5-13(17-14)16-11(6-7-18)9-19-3/h4-5,10-11,18H,6-9,15H2,1-3H3,(H,16,17). The van der Waals surface area contributed by atoms with E-state index < -0.39 is 0 Å². The van der Waals surface area contributed by atoms with Crippen LogP contribution in [0, 0.1) is 5.92 Å². The average molecular weight is 283 g/mol. The van der Waals surface area contributed by atoms with Crippen molar-refractivity contribution in [1.29, 1.82) is 0 Å². The molecule has 1 unspecified atom stereocenters. The van der Waals surface area contributed by atoms with Gasteiger partial charge in [-0.15, -0.1) is 0 Å². The van der Waals surface area contributed by atoms with Gasteiger partial charge in [0.1, 0.15) is 5.82 Å². The van der Waals surface area contributed by atoms with Crippen LogP contribution in [0.25, 0.3) is 0 Å². The lowest BCUT2D eigenvalue weighted by atomic mass is 10.2. The molecule has 0 saturated carbocycles. The summed E-state index contributed by atoms with van der Waals surface area (Å²) < 4.78 is 10.7. The van der Waals surface area contributed by atoms with Gasteiger partial charge in [0, 0.05) is 13.7 Å². The van der Waals surface area contributed by atoms with E-state index in [4.69, 9.17) is 20.3 Å². The molecule has 0 aliphatic heterocycles. The van der Waals surface area contributed by atoms with E-state index in [2.05, 4.69) is 24.1 Å². The molecule has 1 aromatic heterocycles. The number of aliphatic hydroxyl groups excluding tert-OH is 1. The molecule has 114 valence electrons. The predicted octanol–water partition coefficient (Wildman–Crippen LogP) is 1.51. The number of anilines is 2. The number of aliphatic hydroxyl groups is 1. The third-order valence-electron chi connectivity index (χ3n) is 2.64. The highest BCUT2D eigenvalue weighted by molar-refractivity contribution is 5.53. The van der Waals surface area contributed by atoms with Gasteiger partial charge in [-0.25, -0.2) is 0 Å². The SMILES string of the molecule is COCC(CCO)Nc1ccc(N)c(OCC(C)C)n1. The molecular formula is C14H25N3O3. The minimum atomic E-state index is -0.000858. The molecule has 1 heterocycles. The van der Waals surface area contributed by atoms with Gasteiger partial charge in [-0.3, -0.25) is 0 Å². The van der Waals surface area contributed by atoms with E-state index in [1.165, 1.54) is 0 Å². The summed E-state index contributed by atoms with van der Waals surface area (Å²) in [6.07, 6.45) is 0.585. The summed E-state index contributed by atoms with van der Waals surface area (Å²) in [7, 11) is 1.62. The van der Waals surface area contributed by atoms with E-state index in [1.807, 2.05) is 0 Å². The van der Waals surface area contributed by atoms with E-state index in [-0.39, 0.29) is 12.6 Å². The Labute approximate surface area is 120 Å². The van der Waals surface area contributed by atoms with Crippen LogP contribution in [0.1, 0.15) is 20.3 Å². The van der Waals surface area contributed by atoms with Gasteiger partial charge in [-0.05, 0) is 24.5 Å². The lowest BCUT2D eigenvalue weighted by molar-refractivity contribution is 0.170. The van der Waals surface area contributed by atoms with Gasteiger partial charge < -0.3 is 25.6 Å². The minimum Gasteiger partial charge on any atom is -0.476 e. The molecule has 4 N–H and O–H groups in total. The highest BCUT2D eigenvalue weighted by Crippen LogP contribution is 2.22. The average Bonchev–Trinajstić information content (AvgIpc) is 2.40. The van der Waals surface area contributed by atoms with Gasteiger partial charge in [-0.2, -0.15) is 4.98 Å². The Balaban J connectivity index is 2.72. The Bertz CT molecular complexity index is 393. The van der Waals surface area contributed by atoms with Crippen LogP contribution in [-0.2, 0) is 4.74 Å². The number of nitrogen functional groups attached to an aromatic ring is 1. The van der Waals surface area contributed by atoms with Crippen molar-refractivity contribution in [1.82, 2.24) is 4.98 Å². The van der Waals surface area contributed by atoms with Gasteiger partial charge in [0.2, 0.25) is 5.88 Å². The molecule has 1 atom stereocenters. The second-order valence-corrected chi connectivity index (χ2v) is 5.10. The zero-order valence-corrected chi connectivity index (χ0v) is 12.4. The molecule has 0 aromatic carbocycles. The summed E-state index contributed by atoms with van der Waals surface area (Å²) in [4.78, 5) is 4.35. The van der Waals surface area contributed by atoms with Gasteiger partial charge in [-0.1, -0.05) is 13.8 Å². The van der Waals surface area contributed by atoms with E-state index in [9.17, 15) is 0 Å². The normalized spacial score (nSPS) is 12.4. The molecule has 0 aliphatic rings. The van der Waals surface area contributed by atoms with Crippen LogP contribution in [0.4, 0.5) is 11.5 Å². The molecule has 1 rings (SSSR count). The fourth-order valence-electron chi connectivity index (χ4n) is 1.66. The lowest BCUT2D eigenvalue weighted by Crippen LogP contribution is -2.26. The van der Waals surface area contributed by atoms with Crippen LogP contribution in [0.2, 0.25) is 0 Å². The molecular weight excluding hydrogens is 258 g/mol. The molecule has 0 aliphatic carbocycles. The predicted molar refractivity (Wildman–Crippen MR) is 80.0 cm³/mol. The number of hydrogen-bond acceptors (Lipinski definition) is 6. The first kappa shape index (κ1) is 16.5. The first-order valence-electron chi connectivity index (χ1n) is 6.82. The molecule has 0 bridgehead atoms. The van der Waals surface area contributed by atoms with Crippen molar-refractivity contribution in [3.63, 3.8) is 0 Å². The van der Waals surface area contributed by atoms with Crippen molar-refractivity contribution in [2.24, 2.45) is 5.92 Å². The van der Waals surface area contributed by atoms with Crippen molar-refractivity contribution in [2.75, 3.05) is 38.0 Å². The Morgan fingerprint density at radius 2 is 2.10 bits per heavy atom. The number of pyridine rings is 1. The fourth-order valence-corrected chi connectivity index (χ4v) is 1.66. The molecule has 0 saturated heterocycles. The van der Waals surface area contributed by atoms with Crippen molar-refractivity contribution >= 4 is 11.5 Å². The Morgan fingerprint density at radius 3 is 2.70 bits per heavy atom. The van der Waals surface area contributed by atoms with Crippen molar-refractivity contribution in [3.8, 4) is 5.88 Å². The number of nitrogens with one attached hydrogen (secondary N) is 1. The number of methoxy groups -OCH3 is 1. The fraction of sp³-hybridized carbons (Fsp3) is 0.643. The van der Waals surface area contributed by atoms with Gasteiger partial charge in [0.25, 0.3) is 0 Å². The van der Waals surface area contributed by atoms with E-state index in [1.54, 1.807) is 19.2 Å². The maximum Gasteiger partial charge on any atom is 0.239 e. The van der Waals surface area contributed by atoms with Gasteiger partial charge in [0.05, 0.1) is 24.9 Å². The molecule has 20 heavy (non-hydrogen) atoms. The van der Waals surface area contributed by atoms with Gasteiger partial charge in [0.15, 0.2) is 0 Å². The van der Waals surface area contributed by atoms with Crippen molar-refractivity contribution in [3.05, 3.63) is 12.1 Å². The van der Waals surface area contributed by atoms with Crippen molar-refractivity contribution in [2.45, 2.75) is 26.3 Å². The molecule has 0 amide bonds. The van der Waals surface area contributed by atoms with E-state index >= 15 is 0 Å². The van der Waals surface area contributed by atoms with Crippen LogP contribution in [-0.4, -0.2) is 43.1 Å². The first-order chi connectivity index (χ1) is 9.56. The monoisotopic (exact) mass is 283 g/mol. The summed E-state index contributed by atoms with van der Waals surface area (Å²) >= 11 is 0. The third-order valence-corrected chi connectivity index (χ3v) is 2.64. The smallest absolute Gasteiger partial charge is 0.239 e. The Kier molecular flexibility index (Phi) is 7.11. The van der Waals surface area contributed by atoms with Gasteiger partial charge >= 0.3 is 0 Å². The molecule has 0 spiro atoms. The first-order valence-corrected chi connectivity index (χ1v) is 6.82. The molecule has 0 radical (unpaired) electrons. The summed E-state index contributed by atoms with van der Waals surface area (Å²) in [5.74, 6) is 1.50. The van der Waals surface area contributed by atoms with Crippen LogP contribution in [0.3, 0.4) is 0 Å². The second-order valence-electron chi connectivity index (χ2n) is 5.10. The summed E-state index contributed by atoms with van der Waals surface area (Å²) in [6, 6.07) is 3.55. The Hall–Kier alpha value is -1.53. The molecule has 6 heteroatoms.